The van der Waals surface area contributed by atoms with Gasteiger partial charge in [-0.1, -0.05) is 23.2 Å². The Labute approximate surface area is 116 Å². The van der Waals surface area contributed by atoms with Crippen LogP contribution in [0.4, 0.5) is 0 Å². The number of hydrogen-bond donors (Lipinski definition) is 0. The Kier molecular flexibility index (Phi) is 2.38. The summed E-state index contributed by atoms with van der Waals surface area (Å²) in [5.74, 6) is 0. The zero-order valence-corrected chi connectivity index (χ0v) is 11.4. The Bertz CT molecular complexity index is 727. The molecule has 0 spiro atoms. The van der Waals surface area contributed by atoms with E-state index in [0.29, 0.717) is 6.10 Å². The number of nitrogens with zero attached hydrogens (tertiary/aromatic N) is 1. The van der Waals surface area contributed by atoms with Crippen LogP contribution in [0.5, 0.6) is 0 Å². The third-order valence-electron chi connectivity index (χ3n) is 3.77. The summed E-state index contributed by atoms with van der Waals surface area (Å²) in [6.45, 7) is 3.92. The molecule has 0 N–H and O–H groups in total. The van der Waals surface area contributed by atoms with Gasteiger partial charge in [0, 0.05) is 26.8 Å². The maximum Gasteiger partial charge on any atom is 0.0988 e. The third-order valence-corrected chi connectivity index (χ3v) is 4.01. The molecule has 1 fully saturated rings. The summed E-state index contributed by atoms with van der Waals surface area (Å²) in [6, 6.07) is 12.7. The number of halogens is 1. The number of aryl methyl sites for hydroxylation is 1. The number of aromatic nitrogens is 1. The lowest BCUT2D eigenvalue weighted by Crippen LogP contribution is -2.03. The van der Waals surface area contributed by atoms with Crippen molar-refractivity contribution in [3.63, 3.8) is 0 Å². The molecule has 3 aromatic rings. The van der Waals surface area contributed by atoms with Crippen molar-refractivity contribution in [1.82, 2.24) is 4.57 Å². The highest BCUT2D eigenvalue weighted by Crippen LogP contribution is 2.32. The fraction of sp³-hybridized carbons (Fsp3) is 0.250. The molecule has 0 radical (unpaired) electrons. The average molecular weight is 272 g/mol. The average Bonchev–Trinajstić information content (AvgIpc) is 3.16. The summed E-state index contributed by atoms with van der Waals surface area (Å²) in [4.78, 5) is 0. The fourth-order valence-corrected chi connectivity index (χ4v) is 2.94. The topological polar surface area (TPSA) is 17.5 Å². The molecule has 0 bridgehead atoms. The maximum absolute atomic E-state index is 6.15. The van der Waals surface area contributed by atoms with Gasteiger partial charge in [0.1, 0.15) is 0 Å². The molecular weight excluding hydrogens is 258 g/mol. The monoisotopic (exact) mass is 271 g/mol. The van der Waals surface area contributed by atoms with Gasteiger partial charge in [0.15, 0.2) is 0 Å². The minimum absolute atomic E-state index is 0.371. The lowest BCUT2D eigenvalue weighted by Gasteiger charge is -2.04. The fourth-order valence-electron chi connectivity index (χ4n) is 2.76. The first-order valence-corrected chi connectivity index (χ1v) is 6.90. The van der Waals surface area contributed by atoms with Gasteiger partial charge in [0.25, 0.3) is 0 Å². The predicted octanol–water partition coefficient (Wildman–Crippen LogP) is 4.16. The van der Waals surface area contributed by atoms with E-state index in [0.717, 1.165) is 18.2 Å². The first-order chi connectivity index (χ1) is 9.22. The molecule has 0 aliphatic carbocycles. The lowest BCUT2D eigenvalue weighted by molar-refractivity contribution is 0.387. The normalized spacial score (nSPS) is 18.3. The Morgan fingerprint density at radius 1 is 1.16 bits per heavy atom. The highest BCUT2D eigenvalue weighted by Gasteiger charge is 2.24. The van der Waals surface area contributed by atoms with E-state index in [9.17, 15) is 0 Å². The van der Waals surface area contributed by atoms with Crippen molar-refractivity contribution < 1.29 is 4.74 Å². The Morgan fingerprint density at radius 2 is 1.84 bits per heavy atom. The SMILES string of the molecule is Cc1ccc2c(c1)c1cc(Cl)ccc1n2CC1CO1. The minimum atomic E-state index is 0.371. The molecule has 1 unspecified atom stereocenters. The zero-order chi connectivity index (χ0) is 13.0. The Balaban J connectivity index is 2.09. The Hall–Kier alpha value is -1.51. The van der Waals surface area contributed by atoms with Crippen LogP contribution in [0.25, 0.3) is 21.8 Å². The van der Waals surface area contributed by atoms with Crippen molar-refractivity contribution in [3.05, 3.63) is 47.0 Å². The number of fused-ring (bicyclic) bond motifs is 3. The molecule has 2 aromatic carbocycles. The van der Waals surface area contributed by atoms with Crippen molar-refractivity contribution in [2.24, 2.45) is 0 Å². The molecule has 4 rings (SSSR count). The van der Waals surface area contributed by atoms with Crippen LogP contribution in [0.1, 0.15) is 5.56 Å². The summed E-state index contributed by atoms with van der Waals surface area (Å²) in [5, 5.41) is 3.29. The summed E-state index contributed by atoms with van der Waals surface area (Å²) < 4.78 is 7.73. The van der Waals surface area contributed by atoms with Crippen LogP contribution in [0.3, 0.4) is 0 Å². The van der Waals surface area contributed by atoms with Gasteiger partial charge in [-0.15, -0.1) is 0 Å². The van der Waals surface area contributed by atoms with Crippen molar-refractivity contribution in [2.45, 2.75) is 19.6 Å². The Morgan fingerprint density at radius 3 is 2.58 bits per heavy atom. The molecule has 96 valence electrons. The van der Waals surface area contributed by atoms with Crippen LogP contribution < -0.4 is 0 Å². The van der Waals surface area contributed by atoms with Crippen LogP contribution in [0, 0.1) is 6.92 Å². The van der Waals surface area contributed by atoms with Gasteiger partial charge >= 0.3 is 0 Å². The van der Waals surface area contributed by atoms with Gasteiger partial charge in [-0.05, 0) is 37.3 Å². The van der Waals surface area contributed by atoms with Gasteiger partial charge < -0.3 is 9.30 Å². The van der Waals surface area contributed by atoms with Gasteiger partial charge in [0.2, 0.25) is 0 Å². The molecular formula is C16H14ClNO. The standard InChI is InChI=1S/C16H14ClNO/c1-10-2-4-15-13(6-10)14-7-11(17)3-5-16(14)18(15)8-12-9-19-12/h2-7,12H,8-9H2,1H3. The van der Waals surface area contributed by atoms with Gasteiger partial charge in [-0.2, -0.15) is 0 Å². The second-order valence-electron chi connectivity index (χ2n) is 5.25. The van der Waals surface area contributed by atoms with E-state index < -0.39 is 0 Å². The number of hydrogen-bond acceptors (Lipinski definition) is 1. The summed E-state index contributed by atoms with van der Waals surface area (Å²) >= 11 is 6.15. The number of ether oxygens (including phenoxy) is 1. The van der Waals surface area contributed by atoms with E-state index in [2.05, 4.69) is 41.8 Å². The molecule has 2 nitrogen and oxygen atoms in total. The molecule has 0 saturated carbocycles. The molecule has 0 amide bonds. The molecule has 1 aliphatic heterocycles. The van der Waals surface area contributed by atoms with Gasteiger partial charge in [0.05, 0.1) is 19.3 Å². The molecule has 1 saturated heterocycles. The molecule has 3 heteroatoms. The largest absolute Gasteiger partial charge is 0.371 e. The number of epoxide rings is 1. The smallest absolute Gasteiger partial charge is 0.0988 e. The van der Waals surface area contributed by atoms with E-state index in [-0.39, 0.29) is 0 Å². The second kappa shape index (κ2) is 3.99. The second-order valence-corrected chi connectivity index (χ2v) is 5.68. The first-order valence-electron chi connectivity index (χ1n) is 6.52. The van der Waals surface area contributed by atoms with Crippen molar-refractivity contribution in [3.8, 4) is 0 Å². The quantitative estimate of drug-likeness (QED) is 0.640. The summed E-state index contributed by atoms with van der Waals surface area (Å²) in [6.07, 6.45) is 0.371. The van der Waals surface area contributed by atoms with Gasteiger partial charge in [-0.3, -0.25) is 0 Å². The van der Waals surface area contributed by atoms with E-state index >= 15 is 0 Å². The van der Waals surface area contributed by atoms with Crippen LogP contribution >= 0.6 is 11.6 Å². The summed E-state index contributed by atoms with van der Waals surface area (Å²) in [7, 11) is 0. The first kappa shape index (κ1) is 11.3. The molecule has 19 heavy (non-hydrogen) atoms. The minimum Gasteiger partial charge on any atom is -0.371 e. The van der Waals surface area contributed by atoms with Crippen molar-refractivity contribution >= 4 is 33.4 Å². The lowest BCUT2D eigenvalue weighted by atomic mass is 10.1. The third kappa shape index (κ3) is 1.83. The number of rotatable bonds is 2. The van der Waals surface area contributed by atoms with Crippen LogP contribution in [0.2, 0.25) is 5.02 Å². The maximum atomic E-state index is 6.15. The summed E-state index contributed by atoms with van der Waals surface area (Å²) in [5.41, 5.74) is 3.77. The van der Waals surface area contributed by atoms with E-state index in [1.165, 1.54) is 27.4 Å². The van der Waals surface area contributed by atoms with Crippen LogP contribution in [0.15, 0.2) is 36.4 Å². The zero-order valence-electron chi connectivity index (χ0n) is 10.7. The van der Waals surface area contributed by atoms with E-state index in [1.54, 1.807) is 0 Å². The molecule has 1 aliphatic rings. The number of benzene rings is 2. The van der Waals surface area contributed by atoms with E-state index in [1.807, 2.05) is 6.07 Å². The van der Waals surface area contributed by atoms with Crippen molar-refractivity contribution in [1.29, 1.82) is 0 Å². The van der Waals surface area contributed by atoms with Crippen LogP contribution in [-0.4, -0.2) is 17.3 Å². The highest BCUT2D eigenvalue weighted by molar-refractivity contribution is 6.31. The predicted molar refractivity (Wildman–Crippen MR) is 78.9 cm³/mol. The molecule has 1 aromatic heterocycles. The molecule has 1 atom stereocenters. The molecule has 2 heterocycles. The van der Waals surface area contributed by atoms with Gasteiger partial charge in [-0.25, -0.2) is 0 Å². The highest BCUT2D eigenvalue weighted by atomic mass is 35.5. The van der Waals surface area contributed by atoms with Crippen molar-refractivity contribution in [2.75, 3.05) is 6.61 Å². The van der Waals surface area contributed by atoms with Crippen LogP contribution in [-0.2, 0) is 11.3 Å². The van der Waals surface area contributed by atoms with E-state index in [4.69, 9.17) is 16.3 Å².